The summed E-state index contributed by atoms with van der Waals surface area (Å²) >= 11 is 0. The van der Waals surface area contributed by atoms with E-state index in [2.05, 4.69) is 5.32 Å². The molecular formula is C24H21N3O4S. The number of carbonyl (C=O) groups excluding carboxylic acids is 1. The van der Waals surface area contributed by atoms with Crippen LogP contribution >= 0.6 is 0 Å². The van der Waals surface area contributed by atoms with Crippen LogP contribution in [0, 0.1) is 11.3 Å². The number of hydrogen-bond acceptors (Lipinski definition) is 5. The van der Waals surface area contributed by atoms with Crippen LogP contribution in [0.4, 0.5) is 11.4 Å². The van der Waals surface area contributed by atoms with Crippen LogP contribution in [0.25, 0.3) is 0 Å². The van der Waals surface area contributed by atoms with Crippen molar-refractivity contribution in [3.05, 3.63) is 83.9 Å². The van der Waals surface area contributed by atoms with E-state index in [1.165, 1.54) is 28.6 Å². The van der Waals surface area contributed by atoms with E-state index in [-0.39, 0.29) is 17.4 Å². The molecule has 1 amide bonds. The molecule has 0 spiro atoms. The highest BCUT2D eigenvalue weighted by Crippen LogP contribution is 2.32. The fraction of sp³-hybridized carbons (Fsp3) is 0.167. The van der Waals surface area contributed by atoms with Gasteiger partial charge in [-0.1, -0.05) is 24.3 Å². The lowest BCUT2D eigenvalue weighted by molar-refractivity contribution is -0.118. The number of carbonyl (C=O) groups is 1. The van der Waals surface area contributed by atoms with E-state index in [0.717, 1.165) is 24.1 Å². The third kappa shape index (κ3) is 4.58. The van der Waals surface area contributed by atoms with Gasteiger partial charge in [-0.15, -0.1) is 0 Å². The number of nitriles is 1. The minimum Gasteiger partial charge on any atom is -0.484 e. The largest absolute Gasteiger partial charge is 0.484 e. The molecule has 1 aliphatic rings. The third-order valence-electron chi connectivity index (χ3n) is 5.12. The van der Waals surface area contributed by atoms with Crippen molar-refractivity contribution < 1.29 is 17.9 Å². The topological polar surface area (TPSA) is 99.5 Å². The van der Waals surface area contributed by atoms with Gasteiger partial charge in [0.1, 0.15) is 5.75 Å². The Morgan fingerprint density at radius 3 is 2.62 bits per heavy atom. The van der Waals surface area contributed by atoms with Gasteiger partial charge in [-0.3, -0.25) is 9.10 Å². The second kappa shape index (κ2) is 9.12. The molecular weight excluding hydrogens is 426 g/mol. The van der Waals surface area contributed by atoms with Crippen LogP contribution in [0.1, 0.15) is 17.5 Å². The standard InChI is InChI=1S/C24H21N3O4S/c25-16-18-5-3-8-20(15-18)26-24(28)17-31-21-10-12-22(13-11-21)32(29,30)27-14-4-7-19-6-1-2-9-23(19)27/h1-3,5-6,8-13,15H,4,7,14,17H2,(H,26,28). The smallest absolute Gasteiger partial charge is 0.264 e. The summed E-state index contributed by atoms with van der Waals surface area (Å²) in [6.45, 7) is 0.188. The molecule has 0 radical (unpaired) electrons. The van der Waals surface area contributed by atoms with Gasteiger partial charge in [-0.25, -0.2) is 8.42 Å². The average Bonchev–Trinajstić information content (AvgIpc) is 2.82. The van der Waals surface area contributed by atoms with Crippen molar-refractivity contribution in [2.45, 2.75) is 17.7 Å². The Hall–Kier alpha value is -3.83. The molecule has 0 atom stereocenters. The third-order valence-corrected chi connectivity index (χ3v) is 6.95. The Balaban J connectivity index is 1.41. The molecule has 0 aliphatic carbocycles. The fourth-order valence-corrected chi connectivity index (χ4v) is 5.14. The summed E-state index contributed by atoms with van der Waals surface area (Å²) in [5.74, 6) is -0.00867. The molecule has 1 N–H and O–H groups in total. The van der Waals surface area contributed by atoms with Crippen molar-refractivity contribution in [3.63, 3.8) is 0 Å². The Labute approximate surface area is 186 Å². The van der Waals surface area contributed by atoms with Crippen LogP contribution < -0.4 is 14.4 Å². The second-order valence-electron chi connectivity index (χ2n) is 7.31. The summed E-state index contributed by atoms with van der Waals surface area (Å²) in [5.41, 5.74) is 2.68. The minimum atomic E-state index is -3.70. The highest BCUT2D eigenvalue weighted by atomic mass is 32.2. The minimum absolute atomic E-state index is 0.166. The normalized spacial score (nSPS) is 13.0. The van der Waals surface area contributed by atoms with E-state index in [0.29, 0.717) is 23.5 Å². The average molecular weight is 448 g/mol. The van der Waals surface area contributed by atoms with Crippen LogP contribution in [-0.2, 0) is 21.2 Å². The number of sulfonamides is 1. The number of benzene rings is 3. The number of amides is 1. The Bertz CT molecular complexity index is 1280. The highest BCUT2D eigenvalue weighted by Gasteiger charge is 2.28. The van der Waals surface area contributed by atoms with Gasteiger partial charge in [0.25, 0.3) is 15.9 Å². The van der Waals surface area contributed by atoms with E-state index < -0.39 is 10.0 Å². The fourth-order valence-electron chi connectivity index (χ4n) is 3.60. The summed E-state index contributed by atoms with van der Waals surface area (Å²) in [6.07, 6.45) is 1.63. The highest BCUT2D eigenvalue weighted by molar-refractivity contribution is 7.92. The van der Waals surface area contributed by atoms with Gasteiger partial charge in [-0.2, -0.15) is 5.26 Å². The number of rotatable bonds is 6. The molecule has 3 aromatic carbocycles. The van der Waals surface area contributed by atoms with Crippen LogP contribution in [0.15, 0.2) is 77.7 Å². The molecule has 8 heteroatoms. The molecule has 3 aromatic rings. The molecule has 0 aromatic heterocycles. The lowest BCUT2D eigenvalue weighted by Gasteiger charge is -2.30. The van der Waals surface area contributed by atoms with E-state index >= 15 is 0 Å². The predicted molar refractivity (Wildman–Crippen MR) is 121 cm³/mol. The maximum atomic E-state index is 13.2. The van der Waals surface area contributed by atoms with Gasteiger partial charge in [0, 0.05) is 12.2 Å². The van der Waals surface area contributed by atoms with Gasteiger partial charge in [0.2, 0.25) is 0 Å². The maximum absolute atomic E-state index is 13.2. The molecule has 0 saturated carbocycles. The van der Waals surface area contributed by atoms with Gasteiger partial charge in [-0.05, 0) is 66.9 Å². The summed E-state index contributed by atoms with van der Waals surface area (Å²) in [6, 6.07) is 22.1. The van der Waals surface area contributed by atoms with Crippen LogP contribution in [0.3, 0.4) is 0 Å². The van der Waals surface area contributed by atoms with Crippen molar-refractivity contribution in [2.75, 3.05) is 22.8 Å². The molecule has 0 unspecified atom stereocenters. The summed E-state index contributed by atoms with van der Waals surface area (Å²) in [5, 5.41) is 11.6. The van der Waals surface area contributed by atoms with Gasteiger partial charge in [0.15, 0.2) is 6.61 Å². The predicted octanol–water partition coefficient (Wildman–Crippen LogP) is 3.72. The first kappa shape index (κ1) is 21.4. The van der Waals surface area contributed by atoms with Crippen LogP contribution in [-0.4, -0.2) is 27.5 Å². The number of aryl methyl sites for hydroxylation is 1. The first-order valence-electron chi connectivity index (χ1n) is 10.1. The van der Waals surface area contributed by atoms with Gasteiger partial charge >= 0.3 is 0 Å². The van der Waals surface area contributed by atoms with Gasteiger partial charge in [0.05, 0.1) is 22.2 Å². The monoisotopic (exact) mass is 447 g/mol. The second-order valence-corrected chi connectivity index (χ2v) is 9.17. The van der Waals surface area contributed by atoms with E-state index in [1.807, 2.05) is 30.3 Å². The molecule has 32 heavy (non-hydrogen) atoms. The van der Waals surface area contributed by atoms with Crippen molar-refractivity contribution in [1.82, 2.24) is 0 Å². The molecule has 7 nitrogen and oxygen atoms in total. The van der Waals surface area contributed by atoms with Crippen molar-refractivity contribution >= 4 is 27.3 Å². The van der Waals surface area contributed by atoms with E-state index in [4.69, 9.17) is 10.00 Å². The Kier molecular flexibility index (Phi) is 6.10. The van der Waals surface area contributed by atoms with Crippen molar-refractivity contribution in [1.29, 1.82) is 5.26 Å². The first-order valence-corrected chi connectivity index (χ1v) is 11.5. The van der Waals surface area contributed by atoms with Crippen LogP contribution in [0.2, 0.25) is 0 Å². The van der Waals surface area contributed by atoms with Gasteiger partial charge < -0.3 is 10.1 Å². The molecule has 0 saturated heterocycles. The summed E-state index contributed by atoms with van der Waals surface area (Å²) < 4.78 is 33.3. The summed E-state index contributed by atoms with van der Waals surface area (Å²) in [4.78, 5) is 12.3. The molecule has 1 heterocycles. The van der Waals surface area contributed by atoms with Crippen molar-refractivity contribution in [3.8, 4) is 11.8 Å². The van der Waals surface area contributed by atoms with Crippen molar-refractivity contribution in [2.24, 2.45) is 0 Å². The molecule has 162 valence electrons. The first-order chi connectivity index (χ1) is 15.5. The quantitative estimate of drug-likeness (QED) is 0.621. The molecule has 0 bridgehead atoms. The molecule has 4 rings (SSSR count). The number of anilines is 2. The maximum Gasteiger partial charge on any atom is 0.264 e. The summed E-state index contributed by atoms with van der Waals surface area (Å²) in [7, 11) is -3.70. The zero-order valence-electron chi connectivity index (χ0n) is 17.2. The number of nitrogens with zero attached hydrogens (tertiary/aromatic N) is 2. The molecule has 1 aliphatic heterocycles. The number of nitrogens with one attached hydrogen (secondary N) is 1. The van der Waals surface area contributed by atoms with E-state index in [1.54, 1.807) is 24.3 Å². The number of para-hydroxylation sites is 1. The lowest BCUT2D eigenvalue weighted by atomic mass is 10.0. The Morgan fingerprint density at radius 2 is 1.84 bits per heavy atom. The van der Waals surface area contributed by atoms with E-state index in [9.17, 15) is 13.2 Å². The number of fused-ring (bicyclic) bond motifs is 1. The zero-order chi connectivity index (χ0) is 22.6. The lowest BCUT2D eigenvalue weighted by Crippen LogP contribution is -2.35. The number of hydrogen-bond donors (Lipinski definition) is 1. The Morgan fingerprint density at radius 1 is 1.06 bits per heavy atom. The SMILES string of the molecule is N#Cc1cccc(NC(=O)COc2ccc(S(=O)(=O)N3CCCc4ccccc43)cc2)c1. The number of ether oxygens (including phenoxy) is 1. The molecule has 0 fully saturated rings. The van der Waals surface area contributed by atoms with Crippen LogP contribution in [0.5, 0.6) is 5.75 Å². The zero-order valence-corrected chi connectivity index (χ0v) is 18.0.